The first-order valence-corrected chi connectivity index (χ1v) is 10.5. The summed E-state index contributed by atoms with van der Waals surface area (Å²) >= 11 is 0. The number of hydrogen-bond acceptors (Lipinski definition) is 4. The van der Waals surface area contributed by atoms with E-state index in [1.165, 1.54) is 4.90 Å². The predicted molar refractivity (Wildman–Crippen MR) is 118 cm³/mol. The molecule has 31 heavy (non-hydrogen) atoms. The van der Waals surface area contributed by atoms with Crippen LogP contribution in [-0.2, 0) is 11.8 Å². The molecule has 0 fully saturated rings. The number of hydrogen-bond donors (Lipinski definition) is 1. The van der Waals surface area contributed by atoms with Gasteiger partial charge in [0.15, 0.2) is 0 Å². The Kier molecular flexibility index (Phi) is 5.35. The van der Waals surface area contributed by atoms with E-state index in [4.69, 9.17) is 0 Å². The number of rotatable bonds is 6. The van der Waals surface area contributed by atoms with Crippen LogP contribution in [0.5, 0.6) is 0 Å². The number of carbonyl (C=O) groups excluding carboxylic acids is 3. The SMILES string of the molecule is Cc1nn(C)c(C)c1C(C)NC(=O)CCCN1C(=O)c2cccc3cccc(c23)C1=O. The summed E-state index contributed by atoms with van der Waals surface area (Å²) in [7, 11) is 1.88. The van der Waals surface area contributed by atoms with Gasteiger partial charge in [0, 0.05) is 47.8 Å². The highest BCUT2D eigenvalue weighted by atomic mass is 16.2. The van der Waals surface area contributed by atoms with Crippen LogP contribution in [0.2, 0.25) is 0 Å². The van der Waals surface area contributed by atoms with Gasteiger partial charge in [-0.05, 0) is 44.7 Å². The molecule has 160 valence electrons. The molecule has 1 aromatic heterocycles. The minimum Gasteiger partial charge on any atom is -0.349 e. The molecule has 7 nitrogen and oxygen atoms in total. The fraction of sp³-hybridized carbons (Fsp3) is 0.333. The quantitative estimate of drug-likeness (QED) is 0.622. The van der Waals surface area contributed by atoms with Crippen LogP contribution in [0, 0.1) is 13.8 Å². The lowest BCUT2D eigenvalue weighted by atomic mass is 9.94. The Morgan fingerprint density at radius 2 is 1.68 bits per heavy atom. The summed E-state index contributed by atoms with van der Waals surface area (Å²) in [5, 5.41) is 8.99. The predicted octanol–water partition coefficient (Wildman–Crippen LogP) is 3.44. The van der Waals surface area contributed by atoms with Crippen molar-refractivity contribution in [2.75, 3.05) is 6.54 Å². The molecule has 1 N–H and O–H groups in total. The van der Waals surface area contributed by atoms with Crippen LogP contribution in [-0.4, -0.2) is 38.9 Å². The van der Waals surface area contributed by atoms with Crippen molar-refractivity contribution in [3.8, 4) is 0 Å². The Morgan fingerprint density at radius 1 is 1.06 bits per heavy atom. The molecule has 0 saturated heterocycles. The second-order valence-corrected chi connectivity index (χ2v) is 8.07. The Balaban J connectivity index is 1.40. The minimum absolute atomic E-state index is 0.116. The number of benzene rings is 2. The lowest BCUT2D eigenvalue weighted by molar-refractivity contribution is -0.121. The zero-order valence-corrected chi connectivity index (χ0v) is 18.2. The molecule has 1 atom stereocenters. The second-order valence-electron chi connectivity index (χ2n) is 8.07. The summed E-state index contributed by atoms with van der Waals surface area (Å²) in [5.41, 5.74) is 4.00. The van der Waals surface area contributed by atoms with Crippen molar-refractivity contribution in [3.05, 3.63) is 64.5 Å². The van der Waals surface area contributed by atoms with Gasteiger partial charge in [0.2, 0.25) is 5.91 Å². The fourth-order valence-electron chi connectivity index (χ4n) is 4.48. The van der Waals surface area contributed by atoms with E-state index in [-0.39, 0.29) is 36.7 Å². The fourth-order valence-corrected chi connectivity index (χ4v) is 4.48. The van der Waals surface area contributed by atoms with Crippen LogP contribution in [0.25, 0.3) is 10.8 Å². The van der Waals surface area contributed by atoms with E-state index in [0.717, 1.165) is 22.3 Å². The van der Waals surface area contributed by atoms with Crippen molar-refractivity contribution in [2.24, 2.45) is 7.05 Å². The van der Waals surface area contributed by atoms with E-state index in [0.29, 0.717) is 22.9 Å². The first-order valence-electron chi connectivity index (χ1n) is 10.5. The maximum Gasteiger partial charge on any atom is 0.261 e. The van der Waals surface area contributed by atoms with E-state index >= 15 is 0 Å². The molecule has 1 aliphatic heterocycles. The van der Waals surface area contributed by atoms with Crippen molar-refractivity contribution >= 4 is 28.5 Å². The summed E-state index contributed by atoms with van der Waals surface area (Å²) in [4.78, 5) is 39.6. The molecule has 3 amide bonds. The molecule has 2 heterocycles. The van der Waals surface area contributed by atoms with Gasteiger partial charge < -0.3 is 5.32 Å². The summed E-state index contributed by atoms with van der Waals surface area (Å²) in [6.45, 7) is 6.04. The zero-order chi connectivity index (χ0) is 22.3. The number of nitrogens with zero attached hydrogens (tertiary/aromatic N) is 3. The van der Waals surface area contributed by atoms with Crippen LogP contribution in [0.15, 0.2) is 36.4 Å². The van der Waals surface area contributed by atoms with Gasteiger partial charge in [0.1, 0.15) is 0 Å². The van der Waals surface area contributed by atoms with Crippen molar-refractivity contribution in [1.82, 2.24) is 20.0 Å². The first-order chi connectivity index (χ1) is 14.8. The average Bonchev–Trinajstić information content (AvgIpc) is 2.99. The third-order valence-corrected chi connectivity index (χ3v) is 6.02. The van der Waals surface area contributed by atoms with Gasteiger partial charge in [0.25, 0.3) is 11.8 Å². The Morgan fingerprint density at radius 3 is 2.23 bits per heavy atom. The lowest BCUT2D eigenvalue weighted by Crippen LogP contribution is -2.41. The highest BCUT2D eigenvalue weighted by Gasteiger charge is 2.32. The first kappa shape index (κ1) is 20.8. The highest BCUT2D eigenvalue weighted by Crippen LogP contribution is 2.30. The molecule has 4 rings (SSSR count). The number of nitrogens with one attached hydrogen (secondary N) is 1. The van der Waals surface area contributed by atoms with E-state index in [1.807, 2.05) is 52.1 Å². The van der Waals surface area contributed by atoms with Gasteiger partial charge in [-0.15, -0.1) is 0 Å². The van der Waals surface area contributed by atoms with Gasteiger partial charge in [-0.25, -0.2) is 0 Å². The summed E-state index contributed by atoms with van der Waals surface area (Å²) < 4.78 is 1.80. The number of aryl methyl sites for hydroxylation is 2. The molecular formula is C24H26N4O3. The average molecular weight is 418 g/mol. The van der Waals surface area contributed by atoms with Crippen molar-refractivity contribution in [3.63, 3.8) is 0 Å². The summed E-state index contributed by atoms with van der Waals surface area (Å²) in [5.74, 6) is -0.719. The molecular weight excluding hydrogens is 392 g/mol. The Hall–Kier alpha value is -3.48. The van der Waals surface area contributed by atoms with Gasteiger partial charge in [-0.2, -0.15) is 5.10 Å². The summed E-state index contributed by atoms with van der Waals surface area (Å²) in [6, 6.07) is 10.8. The highest BCUT2D eigenvalue weighted by molar-refractivity contribution is 6.25. The number of carbonyl (C=O) groups is 3. The number of amides is 3. The van der Waals surface area contributed by atoms with E-state index in [2.05, 4.69) is 10.4 Å². The smallest absolute Gasteiger partial charge is 0.261 e. The molecule has 0 bridgehead atoms. The number of imide groups is 1. The number of aromatic nitrogens is 2. The van der Waals surface area contributed by atoms with E-state index < -0.39 is 0 Å². The summed E-state index contributed by atoms with van der Waals surface area (Å²) in [6.07, 6.45) is 0.630. The molecule has 7 heteroatoms. The van der Waals surface area contributed by atoms with Crippen LogP contribution in [0.1, 0.15) is 63.5 Å². The zero-order valence-electron chi connectivity index (χ0n) is 18.2. The van der Waals surface area contributed by atoms with Crippen LogP contribution in [0.3, 0.4) is 0 Å². The third kappa shape index (κ3) is 3.60. The van der Waals surface area contributed by atoms with Gasteiger partial charge in [-0.3, -0.25) is 24.0 Å². The Bertz CT molecular complexity index is 1160. The third-order valence-electron chi connectivity index (χ3n) is 6.02. The molecule has 0 spiro atoms. The van der Waals surface area contributed by atoms with Gasteiger partial charge in [-0.1, -0.05) is 24.3 Å². The topological polar surface area (TPSA) is 84.3 Å². The van der Waals surface area contributed by atoms with Crippen LogP contribution in [0.4, 0.5) is 0 Å². The maximum atomic E-state index is 12.9. The standard InChI is InChI=1S/C24H26N4O3/c1-14(21-15(2)26-27(4)16(21)3)25-20(29)12-7-13-28-23(30)18-10-5-8-17-9-6-11-19(22(17)18)24(28)31/h5-6,8-11,14H,7,12-13H2,1-4H3,(H,25,29). The maximum absolute atomic E-state index is 12.9. The second kappa shape index (κ2) is 7.98. The van der Waals surface area contributed by atoms with Crippen molar-refractivity contribution < 1.29 is 14.4 Å². The molecule has 1 aliphatic rings. The monoisotopic (exact) mass is 418 g/mol. The van der Waals surface area contributed by atoms with Gasteiger partial charge >= 0.3 is 0 Å². The lowest BCUT2D eigenvalue weighted by Gasteiger charge is -2.27. The van der Waals surface area contributed by atoms with E-state index in [1.54, 1.807) is 16.8 Å². The minimum atomic E-state index is -0.301. The van der Waals surface area contributed by atoms with Gasteiger partial charge in [0.05, 0.1) is 11.7 Å². The van der Waals surface area contributed by atoms with Crippen molar-refractivity contribution in [2.45, 2.75) is 39.7 Å². The van der Waals surface area contributed by atoms with Crippen LogP contribution >= 0.6 is 0 Å². The molecule has 2 aromatic carbocycles. The Labute approximate surface area is 181 Å². The normalized spacial score (nSPS) is 14.3. The molecule has 1 unspecified atom stereocenters. The van der Waals surface area contributed by atoms with Crippen LogP contribution < -0.4 is 5.32 Å². The molecule has 0 radical (unpaired) electrons. The van der Waals surface area contributed by atoms with E-state index in [9.17, 15) is 14.4 Å². The molecule has 0 aliphatic carbocycles. The largest absolute Gasteiger partial charge is 0.349 e. The van der Waals surface area contributed by atoms with Crippen molar-refractivity contribution in [1.29, 1.82) is 0 Å². The molecule has 0 saturated carbocycles. The molecule has 3 aromatic rings.